The van der Waals surface area contributed by atoms with Crippen LogP contribution in [0.1, 0.15) is 13.8 Å². The van der Waals surface area contributed by atoms with Crippen molar-refractivity contribution in [3.05, 3.63) is 23.8 Å². The van der Waals surface area contributed by atoms with Crippen LogP contribution in [0.3, 0.4) is 0 Å². The first-order valence-corrected chi connectivity index (χ1v) is 7.23. The Labute approximate surface area is 104 Å². The second kappa shape index (κ2) is 4.71. The Morgan fingerprint density at radius 3 is 2.39 bits per heavy atom. The predicted octanol–water partition coefficient (Wildman–Crippen LogP) is 1.32. The first kappa shape index (κ1) is 14.7. The molecule has 1 aliphatic rings. The van der Waals surface area contributed by atoms with Gasteiger partial charge in [0, 0.05) is 17.7 Å². The van der Waals surface area contributed by atoms with E-state index in [1.165, 1.54) is 26.0 Å². The summed E-state index contributed by atoms with van der Waals surface area (Å²) in [5.41, 5.74) is -0.178. The van der Waals surface area contributed by atoms with Crippen molar-refractivity contribution >= 4 is 19.3 Å². The molecule has 18 heavy (non-hydrogen) atoms. The topological polar surface area (TPSA) is 112 Å². The zero-order valence-corrected chi connectivity index (χ0v) is 10.9. The normalized spacial score (nSPS) is 30.4. The van der Waals surface area contributed by atoms with Crippen molar-refractivity contribution in [1.29, 1.82) is 0 Å². The number of aliphatic carboxylic acids is 2. The number of carboxylic acid groups (broad SMARTS) is 2. The molecule has 7 heteroatoms. The summed E-state index contributed by atoms with van der Waals surface area (Å²) in [5.74, 6) is -3.84. The van der Waals surface area contributed by atoms with Crippen molar-refractivity contribution < 1.29 is 29.3 Å². The van der Waals surface area contributed by atoms with Crippen LogP contribution >= 0.6 is 7.37 Å². The second-order valence-corrected chi connectivity index (χ2v) is 6.93. The molecule has 100 valence electrons. The van der Waals surface area contributed by atoms with E-state index < -0.39 is 30.4 Å². The van der Waals surface area contributed by atoms with Gasteiger partial charge in [0.25, 0.3) is 0 Å². The van der Waals surface area contributed by atoms with Gasteiger partial charge in [-0.3, -0.25) is 9.36 Å². The van der Waals surface area contributed by atoms with E-state index in [2.05, 4.69) is 0 Å². The Hall–Kier alpha value is -1.39. The van der Waals surface area contributed by atoms with Crippen LogP contribution in [0.2, 0.25) is 0 Å². The third-order valence-electron chi connectivity index (χ3n) is 3.35. The van der Waals surface area contributed by atoms with Crippen molar-refractivity contribution in [1.82, 2.24) is 0 Å². The molecule has 0 radical (unpaired) electrons. The largest absolute Gasteiger partial charge is 0.480 e. The smallest absolute Gasteiger partial charge is 0.331 e. The molecule has 0 spiro atoms. The van der Waals surface area contributed by atoms with Gasteiger partial charge in [0.15, 0.2) is 5.16 Å². The van der Waals surface area contributed by atoms with E-state index in [9.17, 15) is 24.2 Å². The molecule has 0 saturated heterocycles. The molecule has 0 fully saturated rings. The van der Waals surface area contributed by atoms with Crippen LogP contribution in [0.5, 0.6) is 0 Å². The average Bonchev–Trinajstić information content (AvgIpc) is 2.28. The quantitative estimate of drug-likeness (QED) is 0.666. The summed E-state index contributed by atoms with van der Waals surface area (Å²) in [4.78, 5) is 32.4. The van der Waals surface area contributed by atoms with Crippen LogP contribution < -0.4 is 0 Å². The zero-order valence-electron chi connectivity index (χ0n) is 10.0. The molecule has 3 N–H and O–H groups in total. The zero-order chi connectivity index (χ0) is 14.1. The van der Waals surface area contributed by atoms with E-state index in [4.69, 9.17) is 5.11 Å². The van der Waals surface area contributed by atoms with E-state index >= 15 is 0 Å². The van der Waals surface area contributed by atoms with E-state index in [0.717, 1.165) is 6.08 Å². The number of carboxylic acids is 2. The fraction of sp³-hybridized carbons (Fsp3) is 0.455. The van der Waals surface area contributed by atoms with Crippen LogP contribution in [0.15, 0.2) is 23.8 Å². The lowest BCUT2D eigenvalue weighted by Crippen LogP contribution is -2.46. The van der Waals surface area contributed by atoms with Gasteiger partial charge in [0.2, 0.25) is 7.37 Å². The minimum atomic E-state index is -4.06. The van der Waals surface area contributed by atoms with Crippen LogP contribution in [0, 0.1) is 5.92 Å². The standard InChI is InChI=1S/C11H15O6P/c1-3-18(16,17)11(10(14)15)6-4-5-8(7(11)2)9(12)13/h4-7H,3H2,1-2H3,(H,12,13)(H,14,15)(H,16,17). The minimum Gasteiger partial charge on any atom is -0.480 e. The van der Waals surface area contributed by atoms with Crippen LogP contribution in [0.25, 0.3) is 0 Å². The molecular weight excluding hydrogens is 259 g/mol. The lowest BCUT2D eigenvalue weighted by Gasteiger charge is -2.37. The first-order chi connectivity index (χ1) is 8.20. The summed E-state index contributed by atoms with van der Waals surface area (Å²) < 4.78 is 12.2. The lowest BCUT2D eigenvalue weighted by atomic mass is 9.82. The molecule has 0 bridgehead atoms. The molecule has 0 aromatic heterocycles. The summed E-state index contributed by atoms with van der Waals surface area (Å²) in [6.07, 6.45) is 3.36. The molecule has 0 heterocycles. The van der Waals surface area contributed by atoms with E-state index in [1.807, 2.05) is 0 Å². The summed E-state index contributed by atoms with van der Waals surface area (Å²) in [6, 6.07) is 0. The predicted molar refractivity (Wildman–Crippen MR) is 64.8 cm³/mol. The molecule has 0 saturated carbocycles. The summed E-state index contributed by atoms with van der Waals surface area (Å²) >= 11 is 0. The van der Waals surface area contributed by atoms with Crippen LogP contribution in [-0.2, 0) is 14.2 Å². The maximum atomic E-state index is 12.2. The van der Waals surface area contributed by atoms with Crippen LogP contribution in [0.4, 0.5) is 0 Å². The van der Waals surface area contributed by atoms with Gasteiger partial charge in [0.05, 0.1) is 0 Å². The van der Waals surface area contributed by atoms with Crippen molar-refractivity contribution in [2.75, 3.05) is 6.16 Å². The van der Waals surface area contributed by atoms with Gasteiger partial charge in [-0.05, 0) is 0 Å². The maximum Gasteiger partial charge on any atom is 0.331 e. The van der Waals surface area contributed by atoms with Crippen molar-refractivity contribution in [2.24, 2.45) is 5.92 Å². The molecule has 0 aromatic carbocycles. The third-order valence-corrected chi connectivity index (χ3v) is 6.09. The second-order valence-electron chi connectivity index (χ2n) is 4.16. The minimum absolute atomic E-state index is 0.178. The number of hydrogen-bond donors (Lipinski definition) is 3. The molecule has 3 unspecified atom stereocenters. The van der Waals surface area contributed by atoms with Gasteiger partial charge in [-0.15, -0.1) is 0 Å². The fourth-order valence-electron chi connectivity index (χ4n) is 2.17. The summed E-state index contributed by atoms with van der Waals surface area (Å²) in [6.45, 7) is 2.75. The van der Waals surface area contributed by atoms with Gasteiger partial charge in [-0.1, -0.05) is 32.1 Å². The lowest BCUT2D eigenvalue weighted by molar-refractivity contribution is -0.140. The Bertz CT molecular complexity index is 492. The number of carbonyl (C=O) groups is 2. The monoisotopic (exact) mass is 274 g/mol. The molecule has 6 nitrogen and oxygen atoms in total. The highest BCUT2D eigenvalue weighted by atomic mass is 31.2. The summed E-state index contributed by atoms with van der Waals surface area (Å²) in [5, 5.41) is 16.3. The highest BCUT2D eigenvalue weighted by Crippen LogP contribution is 2.60. The van der Waals surface area contributed by atoms with Gasteiger partial charge in [-0.2, -0.15) is 0 Å². The van der Waals surface area contributed by atoms with Gasteiger partial charge in [-0.25, -0.2) is 4.79 Å². The Balaban J connectivity index is 3.47. The number of hydrogen-bond acceptors (Lipinski definition) is 3. The molecule has 3 atom stereocenters. The highest BCUT2D eigenvalue weighted by molar-refractivity contribution is 7.61. The maximum absolute atomic E-state index is 12.2. The number of rotatable bonds is 4. The first-order valence-electron chi connectivity index (χ1n) is 5.38. The van der Waals surface area contributed by atoms with Crippen LogP contribution in [-0.4, -0.2) is 38.4 Å². The van der Waals surface area contributed by atoms with Crippen molar-refractivity contribution in [3.63, 3.8) is 0 Å². The summed E-state index contributed by atoms with van der Waals surface area (Å²) in [7, 11) is -4.06. The molecule has 1 rings (SSSR count). The highest BCUT2D eigenvalue weighted by Gasteiger charge is 2.57. The average molecular weight is 274 g/mol. The van der Waals surface area contributed by atoms with Gasteiger partial charge >= 0.3 is 11.9 Å². The number of allylic oxidation sites excluding steroid dienone is 2. The van der Waals surface area contributed by atoms with E-state index in [-0.39, 0.29) is 11.7 Å². The third kappa shape index (κ3) is 1.91. The van der Waals surface area contributed by atoms with E-state index in [0.29, 0.717) is 0 Å². The van der Waals surface area contributed by atoms with Gasteiger partial charge < -0.3 is 15.1 Å². The van der Waals surface area contributed by atoms with E-state index in [1.54, 1.807) is 0 Å². The molecule has 0 amide bonds. The SMILES string of the molecule is CCP(=O)(O)C1(C(=O)O)C=CC=C(C(=O)O)C1C. The Morgan fingerprint density at radius 2 is 2.00 bits per heavy atom. The molecule has 0 aliphatic heterocycles. The van der Waals surface area contributed by atoms with Gasteiger partial charge in [0.1, 0.15) is 0 Å². The Kier molecular flexibility index (Phi) is 3.84. The van der Waals surface area contributed by atoms with Crippen molar-refractivity contribution in [3.8, 4) is 0 Å². The molecule has 0 aromatic rings. The Morgan fingerprint density at radius 1 is 1.44 bits per heavy atom. The molecular formula is C11H15O6P. The molecule has 1 aliphatic carbocycles. The van der Waals surface area contributed by atoms with Crippen molar-refractivity contribution in [2.45, 2.75) is 19.0 Å². The fourth-order valence-corrected chi connectivity index (χ4v) is 4.05.